The number of hydrogen-bond acceptors (Lipinski definition) is 7. The molecule has 2 aromatic heterocycles. The van der Waals surface area contributed by atoms with Crippen LogP contribution >= 0.6 is 22.9 Å². The number of piperazine rings is 1. The van der Waals surface area contributed by atoms with Gasteiger partial charge in [0.1, 0.15) is 5.01 Å². The van der Waals surface area contributed by atoms with Crippen molar-refractivity contribution in [2.24, 2.45) is 0 Å². The lowest BCUT2D eigenvalue weighted by molar-refractivity contribution is 0.180. The summed E-state index contributed by atoms with van der Waals surface area (Å²) in [4.78, 5) is 20.2. The minimum atomic E-state index is -3.57. The largest absolute Gasteiger partial charge is 0.295 e. The molecule has 176 valence electrons. The van der Waals surface area contributed by atoms with Crippen molar-refractivity contribution in [2.45, 2.75) is 18.4 Å². The minimum Gasteiger partial charge on any atom is -0.295 e. The molecule has 0 N–H and O–H groups in total. The van der Waals surface area contributed by atoms with Gasteiger partial charge in [-0.2, -0.15) is 13.9 Å². The highest BCUT2D eigenvalue weighted by Gasteiger charge is 2.28. The summed E-state index contributed by atoms with van der Waals surface area (Å²) in [6.45, 7) is 4.30. The second kappa shape index (κ2) is 9.20. The van der Waals surface area contributed by atoms with Crippen molar-refractivity contribution < 1.29 is 8.42 Å². The monoisotopic (exact) mass is 515 g/mol. The van der Waals surface area contributed by atoms with Gasteiger partial charge in [-0.1, -0.05) is 47.2 Å². The second-order valence-corrected chi connectivity index (χ2v) is 11.5. The summed E-state index contributed by atoms with van der Waals surface area (Å²) in [5.74, 6) is 0. The Bertz CT molecular complexity index is 1510. The highest BCUT2D eigenvalue weighted by Crippen LogP contribution is 2.27. The molecule has 1 saturated heterocycles. The molecule has 5 rings (SSSR count). The Balaban J connectivity index is 1.30. The molecule has 0 spiro atoms. The predicted molar refractivity (Wildman–Crippen MR) is 133 cm³/mol. The van der Waals surface area contributed by atoms with E-state index in [1.165, 1.54) is 38.4 Å². The first-order valence-corrected chi connectivity index (χ1v) is 13.4. The van der Waals surface area contributed by atoms with Gasteiger partial charge in [-0.25, -0.2) is 13.4 Å². The standard InChI is InChI=1S/C23H22ClN5O3S2/c1-16-4-2-3-5-20(16)22-26-29-21(30)14-18(25-23(29)33-22)15-27-10-12-28(13-11-27)34(31,32)19-8-6-17(24)7-9-19/h2-9,14H,10-13,15H2,1H3. The van der Waals surface area contributed by atoms with Gasteiger partial charge in [0.15, 0.2) is 0 Å². The third kappa shape index (κ3) is 4.51. The second-order valence-electron chi connectivity index (χ2n) is 8.14. The molecule has 0 aliphatic carbocycles. The fourth-order valence-electron chi connectivity index (χ4n) is 3.97. The summed E-state index contributed by atoms with van der Waals surface area (Å²) in [5, 5.41) is 5.71. The molecule has 8 nitrogen and oxygen atoms in total. The summed E-state index contributed by atoms with van der Waals surface area (Å²) >= 11 is 7.27. The zero-order chi connectivity index (χ0) is 23.9. The van der Waals surface area contributed by atoms with Crippen LogP contribution in [0, 0.1) is 6.92 Å². The van der Waals surface area contributed by atoms with Crippen LogP contribution in [0.1, 0.15) is 11.3 Å². The van der Waals surface area contributed by atoms with Gasteiger partial charge in [-0.3, -0.25) is 9.69 Å². The van der Waals surface area contributed by atoms with Crippen molar-refractivity contribution in [1.82, 2.24) is 23.8 Å². The van der Waals surface area contributed by atoms with Gasteiger partial charge in [0.2, 0.25) is 15.0 Å². The Morgan fingerprint density at radius 2 is 1.74 bits per heavy atom. The summed E-state index contributed by atoms with van der Waals surface area (Å²) < 4.78 is 28.6. The van der Waals surface area contributed by atoms with E-state index in [0.29, 0.717) is 48.4 Å². The van der Waals surface area contributed by atoms with Gasteiger partial charge in [-0.05, 0) is 36.8 Å². The number of rotatable bonds is 5. The lowest BCUT2D eigenvalue weighted by Gasteiger charge is -2.33. The molecule has 0 unspecified atom stereocenters. The zero-order valence-electron chi connectivity index (χ0n) is 18.4. The predicted octanol–water partition coefficient (Wildman–Crippen LogP) is 3.29. The van der Waals surface area contributed by atoms with E-state index < -0.39 is 10.0 Å². The van der Waals surface area contributed by atoms with Crippen molar-refractivity contribution >= 4 is 37.9 Å². The minimum absolute atomic E-state index is 0.222. The van der Waals surface area contributed by atoms with Crippen LogP contribution in [0.15, 0.2) is 64.3 Å². The lowest BCUT2D eigenvalue weighted by Crippen LogP contribution is -2.48. The average molecular weight is 516 g/mol. The van der Waals surface area contributed by atoms with E-state index in [1.807, 2.05) is 31.2 Å². The van der Waals surface area contributed by atoms with E-state index in [9.17, 15) is 13.2 Å². The maximum absolute atomic E-state index is 12.9. The van der Waals surface area contributed by atoms with Crippen LogP contribution in [0.4, 0.5) is 0 Å². The molecule has 4 aromatic rings. The molecule has 2 aromatic carbocycles. The van der Waals surface area contributed by atoms with E-state index in [1.54, 1.807) is 12.1 Å². The molecule has 0 saturated carbocycles. The molecule has 1 aliphatic heterocycles. The van der Waals surface area contributed by atoms with Crippen LogP contribution < -0.4 is 5.56 Å². The van der Waals surface area contributed by atoms with Crippen molar-refractivity contribution in [2.75, 3.05) is 26.2 Å². The van der Waals surface area contributed by atoms with Crippen LogP contribution in [-0.2, 0) is 16.6 Å². The maximum atomic E-state index is 12.9. The van der Waals surface area contributed by atoms with Gasteiger partial charge in [0.25, 0.3) is 5.56 Å². The van der Waals surface area contributed by atoms with E-state index in [0.717, 1.165) is 16.1 Å². The molecule has 1 aliphatic rings. The van der Waals surface area contributed by atoms with Crippen LogP contribution in [-0.4, -0.2) is 58.4 Å². The topological polar surface area (TPSA) is 87.9 Å². The molecule has 0 atom stereocenters. The fraction of sp³-hybridized carbons (Fsp3) is 0.261. The number of halogens is 1. The molecule has 0 amide bonds. The third-order valence-electron chi connectivity index (χ3n) is 5.84. The quantitative estimate of drug-likeness (QED) is 0.405. The highest BCUT2D eigenvalue weighted by molar-refractivity contribution is 7.89. The zero-order valence-corrected chi connectivity index (χ0v) is 20.8. The Morgan fingerprint density at radius 3 is 2.44 bits per heavy atom. The SMILES string of the molecule is Cc1ccccc1-c1nn2c(=O)cc(CN3CCN(S(=O)(=O)c4ccc(Cl)cc4)CC3)nc2s1. The molecule has 34 heavy (non-hydrogen) atoms. The summed E-state index contributed by atoms with van der Waals surface area (Å²) in [6, 6.07) is 15.6. The number of sulfonamides is 1. The third-order valence-corrected chi connectivity index (χ3v) is 8.95. The van der Waals surface area contributed by atoms with Crippen LogP contribution in [0.5, 0.6) is 0 Å². The number of hydrogen-bond donors (Lipinski definition) is 0. The van der Waals surface area contributed by atoms with Gasteiger partial charge in [-0.15, -0.1) is 0 Å². The molecule has 1 fully saturated rings. The van der Waals surface area contributed by atoms with E-state index in [2.05, 4.69) is 15.0 Å². The molecule has 3 heterocycles. The first-order valence-electron chi connectivity index (χ1n) is 10.8. The lowest BCUT2D eigenvalue weighted by atomic mass is 10.1. The smallest absolute Gasteiger partial charge is 0.275 e. The molecular formula is C23H22ClN5O3S2. The molecular weight excluding hydrogens is 494 g/mol. The van der Waals surface area contributed by atoms with Gasteiger partial charge < -0.3 is 0 Å². The van der Waals surface area contributed by atoms with Crippen molar-refractivity contribution in [3.05, 3.63) is 81.2 Å². The molecule has 0 bridgehead atoms. The first kappa shape index (κ1) is 23.1. The average Bonchev–Trinajstić information content (AvgIpc) is 3.24. The summed E-state index contributed by atoms with van der Waals surface area (Å²) in [7, 11) is -3.57. The number of nitrogens with zero attached hydrogens (tertiary/aromatic N) is 5. The number of fused-ring (bicyclic) bond motifs is 1. The van der Waals surface area contributed by atoms with Gasteiger partial charge in [0, 0.05) is 49.4 Å². The number of aromatic nitrogens is 3. The summed E-state index contributed by atoms with van der Waals surface area (Å²) in [5.41, 5.74) is 2.50. The van der Waals surface area contributed by atoms with E-state index in [-0.39, 0.29) is 10.5 Å². The Morgan fingerprint density at radius 1 is 1.03 bits per heavy atom. The van der Waals surface area contributed by atoms with Crippen LogP contribution in [0.2, 0.25) is 5.02 Å². The van der Waals surface area contributed by atoms with Crippen LogP contribution in [0.3, 0.4) is 0 Å². The highest BCUT2D eigenvalue weighted by atomic mass is 35.5. The van der Waals surface area contributed by atoms with Crippen molar-refractivity contribution in [1.29, 1.82) is 0 Å². The van der Waals surface area contributed by atoms with Crippen LogP contribution in [0.25, 0.3) is 15.5 Å². The van der Waals surface area contributed by atoms with E-state index >= 15 is 0 Å². The Labute approximate surface area is 206 Å². The Kier molecular flexibility index (Phi) is 6.26. The maximum Gasteiger partial charge on any atom is 0.275 e. The van der Waals surface area contributed by atoms with E-state index in [4.69, 9.17) is 11.6 Å². The molecule has 0 radical (unpaired) electrons. The van der Waals surface area contributed by atoms with Crippen molar-refractivity contribution in [3.8, 4) is 10.6 Å². The van der Waals surface area contributed by atoms with Crippen molar-refractivity contribution in [3.63, 3.8) is 0 Å². The number of aryl methyl sites for hydroxylation is 1. The molecule has 11 heteroatoms. The number of benzene rings is 2. The Hall–Kier alpha value is -2.63. The van der Waals surface area contributed by atoms with Gasteiger partial charge in [0.05, 0.1) is 10.6 Å². The van der Waals surface area contributed by atoms with Gasteiger partial charge >= 0.3 is 0 Å². The normalized spacial score (nSPS) is 15.7. The summed E-state index contributed by atoms with van der Waals surface area (Å²) in [6.07, 6.45) is 0. The fourth-order valence-corrected chi connectivity index (χ4v) is 6.53. The first-order chi connectivity index (χ1) is 16.3.